The van der Waals surface area contributed by atoms with Crippen molar-refractivity contribution in [2.24, 2.45) is 0 Å². The van der Waals surface area contributed by atoms with E-state index in [9.17, 15) is 4.79 Å². The Kier molecular flexibility index (Phi) is 4.59. The average molecular weight is 355 g/mol. The van der Waals surface area contributed by atoms with E-state index < -0.39 is 5.97 Å². The van der Waals surface area contributed by atoms with Crippen LogP contribution in [0.1, 0.15) is 10.4 Å². The standard InChI is InChI=1S/C13H11BrN2O5/c1-19-10-6-11(20-2)16-13(15-10)21-9-5-7(12(17)18)3-4-8(9)14/h3-6H,1-2H3,(H,17,18). The van der Waals surface area contributed by atoms with E-state index in [1.165, 1.54) is 32.4 Å². The zero-order chi connectivity index (χ0) is 15.4. The third-order valence-corrected chi connectivity index (χ3v) is 3.11. The molecule has 7 nitrogen and oxygen atoms in total. The van der Waals surface area contributed by atoms with E-state index >= 15 is 0 Å². The molecule has 0 aliphatic heterocycles. The van der Waals surface area contributed by atoms with Gasteiger partial charge in [0.25, 0.3) is 0 Å². The lowest BCUT2D eigenvalue weighted by Crippen LogP contribution is -2.00. The fraction of sp³-hybridized carbons (Fsp3) is 0.154. The number of methoxy groups -OCH3 is 2. The van der Waals surface area contributed by atoms with Gasteiger partial charge in [-0.25, -0.2) is 4.79 Å². The molecule has 0 saturated carbocycles. The molecule has 0 unspecified atom stereocenters. The van der Waals surface area contributed by atoms with Crippen molar-refractivity contribution in [1.82, 2.24) is 9.97 Å². The number of hydrogen-bond donors (Lipinski definition) is 1. The van der Waals surface area contributed by atoms with E-state index in [0.717, 1.165) is 0 Å². The summed E-state index contributed by atoms with van der Waals surface area (Å²) in [6, 6.07) is 5.86. The number of ether oxygens (including phenoxy) is 3. The molecule has 1 N–H and O–H groups in total. The molecule has 0 aliphatic rings. The van der Waals surface area contributed by atoms with Crippen molar-refractivity contribution in [3.63, 3.8) is 0 Å². The highest BCUT2D eigenvalue weighted by Crippen LogP contribution is 2.30. The molecule has 2 aromatic rings. The lowest BCUT2D eigenvalue weighted by molar-refractivity contribution is 0.0696. The molecule has 0 saturated heterocycles. The first-order valence-corrected chi connectivity index (χ1v) is 6.50. The molecule has 0 amide bonds. The van der Waals surface area contributed by atoms with Gasteiger partial charge < -0.3 is 19.3 Å². The highest BCUT2D eigenvalue weighted by molar-refractivity contribution is 9.10. The number of hydrogen-bond acceptors (Lipinski definition) is 6. The Labute approximate surface area is 128 Å². The van der Waals surface area contributed by atoms with Gasteiger partial charge in [0.2, 0.25) is 11.8 Å². The molecule has 0 atom stereocenters. The van der Waals surface area contributed by atoms with Crippen molar-refractivity contribution in [1.29, 1.82) is 0 Å². The average Bonchev–Trinajstić information content (AvgIpc) is 2.48. The molecule has 110 valence electrons. The second-order valence-electron chi connectivity index (χ2n) is 3.79. The highest BCUT2D eigenvalue weighted by atomic mass is 79.9. The smallest absolute Gasteiger partial charge is 0.335 e. The molecular formula is C13H11BrN2O5. The Morgan fingerprint density at radius 3 is 2.29 bits per heavy atom. The minimum Gasteiger partial charge on any atom is -0.481 e. The molecule has 21 heavy (non-hydrogen) atoms. The van der Waals surface area contributed by atoms with Crippen molar-refractivity contribution in [3.8, 4) is 23.5 Å². The maximum absolute atomic E-state index is 11.0. The lowest BCUT2D eigenvalue weighted by atomic mass is 10.2. The first kappa shape index (κ1) is 15.0. The maximum atomic E-state index is 11.0. The number of rotatable bonds is 5. The molecule has 1 aromatic heterocycles. The summed E-state index contributed by atoms with van der Waals surface area (Å²) in [5, 5.41) is 8.99. The van der Waals surface area contributed by atoms with Crippen LogP contribution in [0.2, 0.25) is 0 Å². The van der Waals surface area contributed by atoms with Crippen LogP contribution >= 0.6 is 15.9 Å². The Hall–Kier alpha value is -2.35. The molecule has 2 rings (SSSR count). The SMILES string of the molecule is COc1cc(OC)nc(Oc2cc(C(=O)O)ccc2Br)n1. The van der Waals surface area contributed by atoms with Gasteiger partial charge in [-0.3, -0.25) is 0 Å². The second-order valence-corrected chi connectivity index (χ2v) is 4.64. The summed E-state index contributed by atoms with van der Waals surface area (Å²) in [5.41, 5.74) is 0.0862. The van der Waals surface area contributed by atoms with Gasteiger partial charge in [0.15, 0.2) is 0 Å². The third kappa shape index (κ3) is 3.60. The van der Waals surface area contributed by atoms with Gasteiger partial charge in [-0.2, -0.15) is 9.97 Å². The van der Waals surface area contributed by atoms with Gasteiger partial charge in [0, 0.05) is 0 Å². The van der Waals surface area contributed by atoms with Crippen LogP contribution in [-0.2, 0) is 0 Å². The predicted molar refractivity (Wildman–Crippen MR) is 76.3 cm³/mol. The van der Waals surface area contributed by atoms with Crippen LogP contribution in [0.4, 0.5) is 0 Å². The fourth-order valence-electron chi connectivity index (χ4n) is 1.45. The first-order valence-electron chi connectivity index (χ1n) is 5.71. The molecule has 0 fully saturated rings. The Balaban J connectivity index is 2.37. The van der Waals surface area contributed by atoms with E-state index in [0.29, 0.717) is 4.47 Å². The van der Waals surface area contributed by atoms with Crippen molar-refractivity contribution in [2.75, 3.05) is 14.2 Å². The normalized spacial score (nSPS) is 10.0. The topological polar surface area (TPSA) is 90.8 Å². The van der Waals surface area contributed by atoms with Crippen molar-refractivity contribution in [2.45, 2.75) is 0 Å². The summed E-state index contributed by atoms with van der Waals surface area (Å²) in [6.45, 7) is 0. The Morgan fingerprint density at radius 1 is 1.14 bits per heavy atom. The van der Waals surface area contributed by atoms with Gasteiger partial charge in [0.05, 0.1) is 30.3 Å². The van der Waals surface area contributed by atoms with Crippen LogP contribution in [0.5, 0.6) is 23.5 Å². The molecular weight excluding hydrogens is 344 g/mol. The number of carboxylic acid groups (broad SMARTS) is 1. The van der Waals surface area contributed by atoms with Crippen molar-refractivity contribution < 1.29 is 24.1 Å². The summed E-state index contributed by atoms with van der Waals surface area (Å²) in [6.07, 6.45) is 0. The van der Waals surface area contributed by atoms with Crippen molar-refractivity contribution >= 4 is 21.9 Å². The number of aromatic nitrogens is 2. The minimum absolute atomic E-state index is 0.0190. The Bertz CT molecular complexity index is 655. The van der Waals surface area contributed by atoms with E-state index in [1.807, 2.05) is 0 Å². The number of carboxylic acids is 1. The summed E-state index contributed by atoms with van der Waals surface area (Å²) in [7, 11) is 2.90. The molecule has 0 aliphatic carbocycles. The predicted octanol–water partition coefficient (Wildman–Crippen LogP) is 2.75. The number of aromatic carboxylic acids is 1. The number of nitrogens with zero attached hydrogens (tertiary/aromatic N) is 2. The van der Waals surface area contributed by atoms with Crippen LogP contribution in [-0.4, -0.2) is 35.3 Å². The van der Waals surface area contributed by atoms with Crippen LogP contribution in [0, 0.1) is 0 Å². The number of halogens is 1. The van der Waals surface area contributed by atoms with Gasteiger partial charge >= 0.3 is 12.0 Å². The Morgan fingerprint density at radius 2 is 1.76 bits per heavy atom. The quantitative estimate of drug-likeness (QED) is 0.882. The van der Waals surface area contributed by atoms with E-state index in [1.54, 1.807) is 6.07 Å². The largest absolute Gasteiger partial charge is 0.481 e. The van der Waals surface area contributed by atoms with E-state index in [2.05, 4.69) is 25.9 Å². The summed E-state index contributed by atoms with van der Waals surface area (Å²) in [5.74, 6) is -0.258. The third-order valence-electron chi connectivity index (χ3n) is 2.46. The molecule has 1 aromatic carbocycles. The van der Waals surface area contributed by atoms with Gasteiger partial charge in [-0.05, 0) is 34.1 Å². The van der Waals surface area contributed by atoms with Crippen LogP contribution < -0.4 is 14.2 Å². The van der Waals surface area contributed by atoms with Crippen molar-refractivity contribution in [3.05, 3.63) is 34.3 Å². The fourth-order valence-corrected chi connectivity index (χ4v) is 1.78. The molecule has 0 spiro atoms. The zero-order valence-corrected chi connectivity index (χ0v) is 12.7. The number of carbonyl (C=O) groups is 1. The van der Waals surface area contributed by atoms with E-state index in [4.69, 9.17) is 19.3 Å². The summed E-state index contributed by atoms with van der Waals surface area (Å²) in [4.78, 5) is 19.0. The second kappa shape index (κ2) is 6.40. The minimum atomic E-state index is -1.06. The zero-order valence-electron chi connectivity index (χ0n) is 11.2. The van der Waals surface area contributed by atoms with E-state index in [-0.39, 0.29) is 29.1 Å². The van der Waals surface area contributed by atoms with Gasteiger partial charge in [0.1, 0.15) is 5.75 Å². The molecule has 8 heteroatoms. The highest BCUT2D eigenvalue weighted by Gasteiger charge is 2.12. The molecule has 1 heterocycles. The first-order chi connectivity index (χ1) is 10.0. The summed E-state index contributed by atoms with van der Waals surface area (Å²) >= 11 is 3.27. The monoisotopic (exact) mass is 354 g/mol. The summed E-state index contributed by atoms with van der Waals surface area (Å²) < 4.78 is 16.1. The molecule has 0 bridgehead atoms. The van der Waals surface area contributed by atoms with Gasteiger partial charge in [-0.15, -0.1) is 0 Å². The molecule has 0 radical (unpaired) electrons. The lowest BCUT2D eigenvalue weighted by Gasteiger charge is -2.09. The van der Waals surface area contributed by atoms with Crippen LogP contribution in [0.15, 0.2) is 28.7 Å². The van der Waals surface area contributed by atoms with Crippen LogP contribution in [0.25, 0.3) is 0 Å². The van der Waals surface area contributed by atoms with Gasteiger partial charge in [-0.1, -0.05) is 0 Å². The van der Waals surface area contributed by atoms with Crippen LogP contribution in [0.3, 0.4) is 0 Å². The maximum Gasteiger partial charge on any atom is 0.335 e. The number of benzene rings is 1.